The second kappa shape index (κ2) is 15.8. The molecule has 1 N–H and O–H groups in total. The van der Waals surface area contributed by atoms with Gasteiger partial charge in [0.2, 0.25) is 0 Å². The number of benzene rings is 2. The maximum absolute atomic E-state index is 14.5. The average Bonchev–Trinajstić information content (AvgIpc) is 3.15. The molecule has 47 heavy (non-hydrogen) atoms. The number of sulfone groups is 1. The average molecular weight is 671 g/mol. The van der Waals surface area contributed by atoms with Crippen molar-refractivity contribution in [1.82, 2.24) is 5.32 Å². The van der Waals surface area contributed by atoms with Gasteiger partial charge in [-0.25, -0.2) is 17.6 Å². The number of hydrogen-bond acceptors (Lipinski definition) is 8. The SMILES string of the molecule is CCCCC1(CCCC)CN(C2=CC=CC(C)C2)c2cc(OC)c(OCC(=O)NC(C(=O)OC)c3ccccc3F)cc2S(=O)(=O)C1. The van der Waals surface area contributed by atoms with Crippen molar-refractivity contribution in [3.8, 4) is 11.5 Å². The Morgan fingerprint density at radius 3 is 2.40 bits per heavy atom. The number of esters is 1. The second-order valence-corrected chi connectivity index (χ2v) is 14.5. The van der Waals surface area contributed by atoms with E-state index in [9.17, 15) is 22.4 Å². The highest BCUT2D eigenvalue weighted by molar-refractivity contribution is 7.91. The summed E-state index contributed by atoms with van der Waals surface area (Å²) in [5, 5.41) is 2.47. The highest BCUT2D eigenvalue weighted by atomic mass is 32.2. The van der Waals surface area contributed by atoms with Crippen LogP contribution in [0.5, 0.6) is 11.5 Å². The monoisotopic (exact) mass is 670 g/mol. The van der Waals surface area contributed by atoms with Crippen LogP contribution in [0.15, 0.2) is 65.2 Å². The van der Waals surface area contributed by atoms with Crippen molar-refractivity contribution in [3.05, 3.63) is 71.7 Å². The molecule has 2 aromatic rings. The lowest BCUT2D eigenvalue weighted by Gasteiger charge is -2.39. The van der Waals surface area contributed by atoms with E-state index in [0.717, 1.165) is 57.8 Å². The molecule has 256 valence electrons. The number of allylic oxidation sites excluding steroid dienone is 4. The molecule has 1 aliphatic carbocycles. The molecular formula is C36H47FN2O7S. The van der Waals surface area contributed by atoms with Gasteiger partial charge in [-0.3, -0.25) is 4.79 Å². The molecule has 0 spiro atoms. The van der Waals surface area contributed by atoms with Crippen molar-refractivity contribution in [2.24, 2.45) is 11.3 Å². The number of anilines is 1. The summed E-state index contributed by atoms with van der Waals surface area (Å²) in [6, 6.07) is 7.28. The summed E-state index contributed by atoms with van der Waals surface area (Å²) in [6.07, 6.45) is 12.3. The molecule has 0 saturated carbocycles. The maximum Gasteiger partial charge on any atom is 0.333 e. The first-order chi connectivity index (χ1) is 22.5. The summed E-state index contributed by atoms with van der Waals surface area (Å²) < 4.78 is 59.5. The Balaban J connectivity index is 1.72. The lowest BCUT2D eigenvalue weighted by Crippen LogP contribution is -2.40. The van der Waals surface area contributed by atoms with Crippen LogP contribution in [0.25, 0.3) is 0 Å². The highest BCUT2D eigenvalue weighted by Gasteiger charge is 2.43. The van der Waals surface area contributed by atoms with Gasteiger partial charge in [-0.2, -0.15) is 0 Å². The van der Waals surface area contributed by atoms with E-state index in [-0.39, 0.29) is 27.7 Å². The first kappa shape index (κ1) is 36.0. The number of unbranched alkanes of at least 4 members (excludes halogenated alkanes) is 2. The number of carbonyl (C=O) groups excluding carboxylic acids is 2. The van der Waals surface area contributed by atoms with Gasteiger partial charge in [0, 0.05) is 35.4 Å². The number of fused-ring (bicyclic) bond motifs is 1. The molecule has 0 aromatic heterocycles. The molecule has 0 radical (unpaired) electrons. The summed E-state index contributed by atoms with van der Waals surface area (Å²) in [7, 11) is -1.23. The summed E-state index contributed by atoms with van der Waals surface area (Å²) in [5.74, 6) is -1.67. The quantitative estimate of drug-likeness (QED) is 0.222. The van der Waals surface area contributed by atoms with Crippen molar-refractivity contribution < 1.29 is 36.6 Å². The molecule has 2 aromatic carbocycles. The number of ether oxygens (including phenoxy) is 3. The fraction of sp³-hybridized carbons (Fsp3) is 0.500. The van der Waals surface area contributed by atoms with Crippen LogP contribution in [0.3, 0.4) is 0 Å². The molecule has 1 aliphatic heterocycles. The van der Waals surface area contributed by atoms with Gasteiger partial charge in [0.25, 0.3) is 5.91 Å². The maximum atomic E-state index is 14.5. The van der Waals surface area contributed by atoms with Crippen LogP contribution < -0.4 is 19.7 Å². The zero-order valence-corrected chi connectivity index (χ0v) is 28.8. The standard InChI is InChI=1S/C36H47FN2O7S/c1-6-8-17-36(18-9-7-2)23-39(26-14-12-13-25(3)19-26)29-20-30(44-4)31(21-32(29)47(42,43)24-36)46-22-33(40)38-34(35(41)45-5)27-15-10-11-16-28(27)37/h10-16,20-21,25,34H,6-9,17-19,22-24H2,1-5H3,(H,38,40). The van der Waals surface area contributed by atoms with Gasteiger partial charge in [-0.15, -0.1) is 0 Å². The van der Waals surface area contributed by atoms with Gasteiger partial charge in [-0.05, 0) is 37.3 Å². The molecule has 0 saturated heterocycles. The van der Waals surface area contributed by atoms with Gasteiger partial charge in [0.15, 0.2) is 34.0 Å². The highest BCUT2D eigenvalue weighted by Crippen LogP contribution is 2.47. The number of nitrogens with one attached hydrogen (secondary N) is 1. The predicted molar refractivity (Wildman–Crippen MR) is 180 cm³/mol. The minimum Gasteiger partial charge on any atom is -0.493 e. The van der Waals surface area contributed by atoms with Crippen molar-refractivity contribution >= 4 is 27.4 Å². The number of halogens is 1. The number of nitrogens with zero attached hydrogens (tertiary/aromatic N) is 1. The first-order valence-corrected chi connectivity index (χ1v) is 18.0. The summed E-state index contributed by atoms with van der Waals surface area (Å²) in [6.45, 7) is 6.35. The van der Waals surface area contributed by atoms with Crippen LogP contribution in [0.1, 0.15) is 77.3 Å². The van der Waals surface area contributed by atoms with E-state index in [1.54, 1.807) is 12.1 Å². The second-order valence-electron chi connectivity index (χ2n) is 12.6. The van der Waals surface area contributed by atoms with Crippen LogP contribution in [-0.4, -0.2) is 53.4 Å². The zero-order valence-electron chi connectivity index (χ0n) is 28.0. The molecule has 1 amide bonds. The molecule has 1 heterocycles. The molecular weight excluding hydrogens is 623 g/mol. The Labute approximate surface area is 278 Å². The largest absolute Gasteiger partial charge is 0.493 e. The van der Waals surface area contributed by atoms with E-state index in [2.05, 4.69) is 43.1 Å². The van der Waals surface area contributed by atoms with Crippen LogP contribution in [-0.2, 0) is 24.2 Å². The summed E-state index contributed by atoms with van der Waals surface area (Å²) in [5.41, 5.74) is 1.04. The lowest BCUT2D eigenvalue weighted by atomic mass is 9.79. The molecule has 4 rings (SSSR count). The molecule has 2 aliphatic rings. The summed E-state index contributed by atoms with van der Waals surface area (Å²) in [4.78, 5) is 27.8. The predicted octanol–water partition coefficient (Wildman–Crippen LogP) is 6.68. The first-order valence-electron chi connectivity index (χ1n) is 16.3. The number of hydrogen-bond donors (Lipinski definition) is 1. The van der Waals surface area contributed by atoms with Gasteiger partial charge >= 0.3 is 5.97 Å². The third kappa shape index (κ3) is 8.54. The third-order valence-corrected chi connectivity index (χ3v) is 10.9. The fourth-order valence-corrected chi connectivity index (χ4v) is 8.57. The summed E-state index contributed by atoms with van der Waals surface area (Å²) >= 11 is 0. The van der Waals surface area contributed by atoms with Crippen molar-refractivity contribution in [2.45, 2.75) is 76.7 Å². The Morgan fingerprint density at radius 1 is 1.09 bits per heavy atom. The van der Waals surface area contributed by atoms with Crippen LogP contribution in [0.2, 0.25) is 0 Å². The Morgan fingerprint density at radius 2 is 1.79 bits per heavy atom. The molecule has 0 bridgehead atoms. The Kier molecular flexibility index (Phi) is 12.1. The van der Waals surface area contributed by atoms with Crippen molar-refractivity contribution in [3.63, 3.8) is 0 Å². The van der Waals surface area contributed by atoms with E-state index in [4.69, 9.17) is 14.2 Å². The zero-order chi connectivity index (χ0) is 34.2. The third-order valence-electron chi connectivity index (χ3n) is 8.91. The van der Waals surface area contributed by atoms with Crippen molar-refractivity contribution in [1.29, 1.82) is 0 Å². The Bertz CT molecular complexity index is 1600. The molecule has 9 nitrogen and oxygen atoms in total. The number of rotatable bonds is 14. The normalized spacial score (nSPS) is 18.7. The lowest BCUT2D eigenvalue weighted by molar-refractivity contribution is -0.145. The van der Waals surface area contributed by atoms with E-state index >= 15 is 0 Å². The molecule has 2 unspecified atom stereocenters. The molecule has 11 heteroatoms. The minimum absolute atomic E-state index is 0.00211. The van der Waals surface area contributed by atoms with Crippen molar-refractivity contribution in [2.75, 3.05) is 38.0 Å². The van der Waals surface area contributed by atoms with Crippen LogP contribution in [0.4, 0.5) is 10.1 Å². The topological polar surface area (TPSA) is 111 Å². The van der Waals surface area contributed by atoms with Crippen LogP contribution in [0, 0.1) is 17.2 Å². The molecule has 0 fully saturated rings. The number of methoxy groups -OCH3 is 2. The van der Waals surface area contributed by atoms with Gasteiger partial charge < -0.3 is 24.4 Å². The number of amides is 1. The van der Waals surface area contributed by atoms with E-state index in [0.29, 0.717) is 18.2 Å². The fourth-order valence-electron chi connectivity index (χ4n) is 6.46. The van der Waals surface area contributed by atoms with E-state index in [1.807, 2.05) is 6.08 Å². The van der Waals surface area contributed by atoms with Crippen LogP contribution >= 0.6 is 0 Å². The molecule has 2 atom stereocenters. The van der Waals surface area contributed by atoms with E-state index in [1.165, 1.54) is 31.4 Å². The minimum atomic E-state index is -3.82. The van der Waals surface area contributed by atoms with Gasteiger partial charge in [0.1, 0.15) is 5.82 Å². The smallest absolute Gasteiger partial charge is 0.333 e. The van der Waals surface area contributed by atoms with Gasteiger partial charge in [0.05, 0.1) is 30.6 Å². The number of carbonyl (C=O) groups is 2. The van der Waals surface area contributed by atoms with E-state index < -0.39 is 45.6 Å². The Hall–Kier alpha value is -3.86. The van der Waals surface area contributed by atoms with Gasteiger partial charge in [-0.1, -0.05) is 76.8 Å².